The molecule has 1 aliphatic heterocycles. The van der Waals surface area contributed by atoms with Crippen molar-refractivity contribution in [3.63, 3.8) is 0 Å². The van der Waals surface area contributed by atoms with Gasteiger partial charge in [-0.25, -0.2) is 4.79 Å². The highest BCUT2D eigenvalue weighted by atomic mass is 32.2. The van der Waals surface area contributed by atoms with Crippen molar-refractivity contribution >= 4 is 23.7 Å². The van der Waals surface area contributed by atoms with Gasteiger partial charge in [-0.2, -0.15) is 0 Å². The second kappa shape index (κ2) is 4.75. The Morgan fingerprint density at radius 2 is 2.41 bits per heavy atom. The monoisotopic (exact) mass is 253 g/mol. The number of hydrogen-bond acceptors (Lipinski definition) is 5. The maximum Gasteiger partial charge on any atom is 0.359 e. The van der Waals surface area contributed by atoms with Crippen LogP contribution in [0.15, 0.2) is 24.4 Å². The van der Waals surface area contributed by atoms with Crippen molar-refractivity contribution < 1.29 is 19.4 Å². The van der Waals surface area contributed by atoms with Crippen molar-refractivity contribution in [1.82, 2.24) is 4.98 Å². The molecule has 1 unspecified atom stereocenters. The maximum absolute atomic E-state index is 11.2. The van der Waals surface area contributed by atoms with Gasteiger partial charge in [-0.15, -0.1) is 0 Å². The van der Waals surface area contributed by atoms with Gasteiger partial charge in [-0.3, -0.25) is 9.78 Å². The summed E-state index contributed by atoms with van der Waals surface area (Å²) in [7, 11) is 0. The van der Waals surface area contributed by atoms with Crippen LogP contribution in [0.5, 0.6) is 0 Å². The minimum Gasteiger partial charge on any atom is -0.478 e. The molecular weight excluding hydrogens is 242 g/mol. The molecule has 1 saturated heterocycles. The first kappa shape index (κ1) is 11.9. The number of ether oxygens (including phenoxy) is 1. The van der Waals surface area contributed by atoms with E-state index in [9.17, 15) is 9.59 Å². The molecule has 0 amide bonds. The maximum atomic E-state index is 11.2. The van der Waals surface area contributed by atoms with Crippen LogP contribution in [0.3, 0.4) is 0 Å². The van der Waals surface area contributed by atoms with Crippen LogP contribution in [-0.2, 0) is 20.1 Å². The van der Waals surface area contributed by atoms with E-state index in [0.29, 0.717) is 5.75 Å². The molecule has 0 aromatic carbocycles. The summed E-state index contributed by atoms with van der Waals surface area (Å²) in [4.78, 5) is 24.9. The van der Waals surface area contributed by atoms with E-state index in [-0.39, 0.29) is 12.8 Å². The first-order valence-electron chi connectivity index (χ1n) is 5.11. The normalized spacial score (nSPS) is 23.4. The molecule has 17 heavy (non-hydrogen) atoms. The minimum absolute atomic E-state index is 0.154. The molecule has 90 valence electrons. The quantitative estimate of drug-likeness (QED) is 0.818. The van der Waals surface area contributed by atoms with Crippen molar-refractivity contribution in [3.8, 4) is 0 Å². The van der Waals surface area contributed by atoms with E-state index < -0.39 is 16.9 Å². The molecule has 0 spiro atoms. The average Bonchev–Trinajstić information content (AvgIpc) is 2.71. The van der Waals surface area contributed by atoms with Gasteiger partial charge in [-0.05, 0) is 12.1 Å². The van der Waals surface area contributed by atoms with Gasteiger partial charge in [-0.1, -0.05) is 17.8 Å². The third kappa shape index (κ3) is 2.58. The fourth-order valence-corrected chi connectivity index (χ4v) is 2.61. The number of hydrogen-bond donors (Lipinski definition) is 1. The lowest BCUT2D eigenvalue weighted by Gasteiger charge is -2.21. The van der Waals surface area contributed by atoms with Crippen molar-refractivity contribution in [2.75, 3.05) is 0 Å². The molecule has 1 atom stereocenters. The molecule has 1 aliphatic rings. The summed E-state index contributed by atoms with van der Waals surface area (Å²) in [6.45, 7) is 0. The van der Waals surface area contributed by atoms with Crippen LogP contribution in [0.2, 0.25) is 0 Å². The van der Waals surface area contributed by atoms with Gasteiger partial charge < -0.3 is 9.84 Å². The highest BCUT2D eigenvalue weighted by Gasteiger charge is 2.48. The molecule has 5 nitrogen and oxygen atoms in total. The third-order valence-electron chi connectivity index (χ3n) is 2.44. The van der Waals surface area contributed by atoms with Crippen molar-refractivity contribution in [2.24, 2.45) is 0 Å². The zero-order chi connectivity index (χ0) is 12.3. The van der Waals surface area contributed by atoms with Gasteiger partial charge >= 0.3 is 11.9 Å². The summed E-state index contributed by atoms with van der Waals surface area (Å²) < 4.78 is 4.93. The Labute approximate surface area is 102 Å². The topological polar surface area (TPSA) is 76.5 Å². The van der Waals surface area contributed by atoms with E-state index in [0.717, 1.165) is 17.5 Å². The molecule has 0 radical (unpaired) electrons. The molecule has 0 saturated carbocycles. The van der Waals surface area contributed by atoms with Crippen molar-refractivity contribution in [1.29, 1.82) is 0 Å². The number of carboxylic acid groups (broad SMARTS) is 1. The van der Waals surface area contributed by atoms with Gasteiger partial charge in [0.25, 0.3) is 4.93 Å². The predicted octanol–water partition coefficient (Wildman–Crippen LogP) is 1.43. The summed E-state index contributed by atoms with van der Waals surface area (Å²) in [5.41, 5.74) is 0.765. The number of carbonyl (C=O) groups is 2. The van der Waals surface area contributed by atoms with E-state index in [1.807, 2.05) is 6.07 Å². The largest absolute Gasteiger partial charge is 0.478 e. The Morgan fingerprint density at radius 1 is 1.59 bits per heavy atom. The standard InChI is InChI=1S/C11H11NO4S/c13-9-4-5-11(16-9,10(14)15)17-7-8-3-1-2-6-12-8/h1-3,6H,4-5,7H2,(H,14,15). The minimum atomic E-state index is -1.44. The highest BCUT2D eigenvalue weighted by molar-refractivity contribution is 8.00. The van der Waals surface area contributed by atoms with Crippen LogP contribution in [0.1, 0.15) is 18.5 Å². The summed E-state index contributed by atoms with van der Waals surface area (Å²) >= 11 is 1.09. The molecule has 2 heterocycles. The SMILES string of the molecule is O=C1CCC(SCc2ccccn2)(C(=O)O)O1. The highest BCUT2D eigenvalue weighted by Crippen LogP contribution is 2.39. The number of rotatable bonds is 4. The van der Waals surface area contributed by atoms with E-state index in [2.05, 4.69) is 4.98 Å². The molecule has 1 fully saturated rings. The number of pyridine rings is 1. The van der Waals surface area contributed by atoms with Gasteiger partial charge in [0.1, 0.15) is 0 Å². The fourth-order valence-electron chi connectivity index (χ4n) is 1.54. The Morgan fingerprint density at radius 3 is 2.94 bits per heavy atom. The fraction of sp³-hybridized carbons (Fsp3) is 0.364. The first-order chi connectivity index (χ1) is 8.12. The lowest BCUT2D eigenvalue weighted by atomic mass is 10.2. The first-order valence-corrected chi connectivity index (χ1v) is 6.10. The van der Waals surface area contributed by atoms with E-state index >= 15 is 0 Å². The number of nitrogens with zero attached hydrogens (tertiary/aromatic N) is 1. The number of carboxylic acids is 1. The number of carbonyl (C=O) groups excluding carboxylic acids is 1. The Bertz CT molecular complexity index is 436. The van der Waals surface area contributed by atoms with Gasteiger partial charge in [0.15, 0.2) is 0 Å². The average molecular weight is 253 g/mol. The lowest BCUT2D eigenvalue weighted by Crippen LogP contribution is -2.34. The van der Waals surface area contributed by atoms with Crippen molar-refractivity contribution in [2.45, 2.75) is 23.5 Å². The van der Waals surface area contributed by atoms with Crippen LogP contribution in [0, 0.1) is 0 Å². The third-order valence-corrected chi connectivity index (χ3v) is 3.81. The second-order valence-corrected chi connectivity index (χ2v) is 4.88. The number of thioether (sulfide) groups is 1. The Kier molecular flexibility index (Phi) is 3.33. The van der Waals surface area contributed by atoms with Crippen LogP contribution >= 0.6 is 11.8 Å². The molecule has 1 N–H and O–H groups in total. The number of aliphatic carboxylic acids is 1. The van der Waals surface area contributed by atoms with Crippen LogP contribution in [0.4, 0.5) is 0 Å². The lowest BCUT2D eigenvalue weighted by molar-refractivity contribution is -0.160. The van der Waals surface area contributed by atoms with Crippen LogP contribution in [0.25, 0.3) is 0 Å². The molecule has 0 bridgehead atoms. The van der Waals surface area contributed by atoms with Gasteiger partial charge in [0.05, 0.1) is 12.1 Å². The molecule has 6 heteroatoms. The number of aromatic nitrogens is 1. The number of esters is 1. The van der Waals surface area contributed by atoms with Crippen LogP contribution in [-0.4, -0.2) is 27.0 Å². The molecular formula is C11H11NO4S. The zero-order valence-electron chi connectivity index (χ0n) is 8.96. The van der Waals surface area contributed by atoms with E-state index in [1.165, 1.54) is 0 Å². The molecule has 1 aromatic heterocycles. The van der Waals surface area contributed by atoms with Crippen LogP contribution < -0.4 is 0 Å². The molecule has 0 aliphatic carbocycles. The molecule has 1 aromatic rings. The van der Waals surface area contributed by atoms with Gasteiger partial charge in [0.2, 0.25) is 0 Å². The van der Waals surface area contributed by atoms with Crippen molar-refractivity contribution in [3.05, 3.63) is 30.1 Å². The zero-order valence-corrected chi connectivity index (χ0v) is 9.77. The van der Waals surface area contributed by atoms with E-state index in [1.54, 1.807) is 18.3 Å². The Balaban J connectivity index is 2.05. The second-order valence-electron chi connectivity index (χ2n) is 3.64. The Hall–Kier alpha value is -1.56. The van der Waals surface area contributed by atoms with Gasteiger partial charge in [0, 0.05) is 18.4 Å². The predicted molar refractivity (Wildman–Crippen MR) is 61.2 cm³/mol. The molecule has 2 rings (SSSR count). The smallest absolute Gasteiger partial charge is 0.359 e. The number of cyclic esters (lactones) is 1. The summed E-state index contributed by atoms with van der Waals surface area (Å²) in [6.07, 6.45) is 2.00. The summed E-state index contributed by atoms with van der Waals surface area (Å²) in [5, 5.41) is 9.14. The summed E-state index contributed by atoms with van der Waals surface area (Å²) in [6, 6.07) is 5.42. The summed E-state index contributed by atoms with van der Waals surface area (Å²) in [5.74, 6) is -1.16. The van der Waals surface area contributed by atoms with E-state index in [4.69, 9.17) is 9.84 Å².